The van der Waals surface area contributed by atoms with E-state index in [1.54, 1.807) is 12.1 Å². The number of nitrogens with two attached hydrogens (primary N) is 1. The first-order valence-electron chi connectivity index (χ1n) is 7.54. The molecule has 4 nitrogen and oxygen atoms in total. The molecule has 0 radical (unpaired) electrons. The van der Waals surface area contributed by atoms with Crippen LogP contribution in [0, 0.1) is 5.92 Å². The highest BCUT2D eigenvalue weighted by Crippen LogP contribution is 2.23. The van der Waals surface area contributed by atoms with Crippen molar-refractivity contribution in [2.75, 3.05) is 25.0 Å². The molecule has 1 heterocycles. The fourth-order valence-corrected chi connectivity index (χ4v) is 3.09. The summed E-state index contributed by atoms with van der Waals surface area (Å²) < 4.78 is 0. The third-order valence-corrected chi connectivity index (χ3v) is 4.13. The van der Waals surface area contributed by atoms with Crippen LogP contribution in [0.1, 0.15) is 37.0 Å². The van der Waals surface area contributed by atoms with Gasteiger partial charge < -0.3 is 16.0 Å². The van der Waals surface area contributed by atoms with Crippen LogP contribution in [0.25, 0.3) is 0 Å². The van der Waals surface area contributed by atoms with E-state index < -0.39 is 5.91 Å². The van der Waals surface area contributed by atoms with Crippen LogP contribution in [-0.4, -0.2) is 36.5 Å². The second-order valence-corrected chi connectivity index (χ2v) is 6.58. The number of primary amides is 1. The van der Waals surface area contributed by atoms with Gasteiger partial charge in [-0.2, -0.15) is 0 Å². The summed E-state index contributed by atoms with van der Waals surface area (Å²) in [5.41, 5.74) is 6.58. The first-order valence-corrected chi connectivity index (χ1v) is 7.91. The Kier molecular flexibility index (Phi) is 5.48. The minimum atomic E-state index is -0.492. The second kappa shape index (κ2) is 7.14. The molecule has 0 unspecified atom stereocenters. The Balaban J connectivity index is 1.89. The van der Waals surface area contributed by atoms with Gasteiger partial charge >= 0.3 is 0 Å². The summed E-state index contributed by atoms with van der Waals surface area (Å²) in [6.45, 7) is 7.94. The predicted octanol–water partition coefficient (Wildman–Crippen LogP) is 2.97. The lowest BCUT2D eigenvalue weighted by molar-refractivity contribution is 0.100. The van der Waals surface area contributed by atoms with Gasteiger partial charge in [-0.1, -0.05) is 25.4 Å². The number of piperidine rings is 1. The Bertz CT molecular complexity index is 496. The number of hydrogen-bond acceptors (Lipinski definition) is 3. The molecule has 0 aromatic heterocycles. The van der Waals surface area contributed by atoms with Crippen molar-refractivity contribution in [3.05, 3.63) is 28.8 Å². The summed E-state index contributed by atoms with van der Waals surface area (Å²) in [5.74, 6) is 0.225. The zero-order valence-corrected chi connectivity index (χ0v) is 13.5. The van der Waals surface area contributed by atoms with Crippen LogP contribution in [0.5, 0.6) is 0 Å². The number of likely N-dealkylation sites (tertiary alicyclic amines) is 1. The predicted molar refractivity (Wildman–Crippen MR) is 87.9 cm³/mol. The lowest BCUT2D eigenvalue weighted by atomic mass is 10.0. The van der Waals surface area contributed by atoms with Gasteiger partial charge in [-0.05, 0) is 37.0 Å². The van der Waals surface area contributed by atoms with E-state index in [2.05, 4.69) is 24.1 Å². The average Bonchev–Trinajstić information content (AvgIpc) is 2.40. The molecule has 1 aliphatic heterocycles. The molecule has 21 heavy (non-hydrogen) atoms. The SMILES string of the molecule is CC(C)CN1CCC(Nc2ccc(C(N)=O)c(Cl)c2)CC1. The molecule has 0 saturated carbocycles. The standard InChI is InChI=1S/C16H24ClN3O/c1-11(2)10-20-7-5-12(6-8-20)19-13-3-4-14(16(18)21)15(17)9-13/h3-4,9,11-12,19H,5-8,10H2,1-2H3,(H2,18,21). The van der Waals surface area contributed by atoms with Gasteiger partial charge in [0.25, 0.3) is 0 Å². The summed E-state index contributed by atoms with van der Waals surface area (Å²) in [6, 6.07) is 5.79. The molecule has 3 N–H and O–H groups in total. The average molecular weight is 310 g/mol. The van der Waals surface area contributed by atoms with E-state index in [1.165, 1.54) is 6.54 Å². The van der Waals surface area contributed by atoms with Crippen molar-refractivity contribution in [2.24, 2.45) is 11.7 Å². The Morgan fingerprint density at radius 3 is 2.62 bits per heavy atom. The highest BCUT2D eigenvalue weighted by Gasteiger charge is 2.19. The third-order valence-electron chi connectivity index (χ3n) is 3.82. The molecule has 1 amide bonds. The Hall–Kier alpha value is -1.26. The summed E-state index contributed by atoms with van der Waals surface area (Å²) in [6.07, 6.45) is 2.25. The van der Waals surface area contributed by atoms with Gasteiger partial charge in [0.15, 0.2) is 0 Å². The van der Waals surface area contributed by atoms with E-state index in [4.69, 9.17) is 17.3 Å². The van der Waals surface area contributed by atoms with Crippen LogP contribution in [0.15, 0.2) is 18.2 Å². The molecule has 116 valence electrons. The van der Waals surface area contributed by atoms with Gasteiger partial charge in [0.2, 0.25) is 5.91 Å². The topological polar surface area (TPSA) is 58.4 Å². The van der Waals surface area contributed by atoms with E-state index in [9.17, 15) is 4.79 Å². The number of nitrogens with one attached hydrogen (secondary N) is 1. The normalized spacial score (nSPS) is 17.1. The van der Waals surface area contributed by atoms with Crippen LogP contribution in [0.2, 0.25) is 5.02 Å². The van der Waals surface area contributed by atoms with Gasteiger partial charge in [0.1, 0.15) is 0 Å². The number of carbonyl (C=O) groups excluding carboxylic acids is 1. The zero-order chi connectivity index (χ0) is 15.4. The van der Waals surface area contributed by atoms with Gasteiger partial charge in [0, 0.05) is 31.4 Å². The van der Waals surface area contributed by atoms with Gasteiger partial charge in [-0.3, -0.25) is 4.79 Å². The number of nitrogens with zero attached hydrogens (tertiary/aromatic N) is 1. The fraction of sp³-hybridized carbons (Fsp3) is 0.562. The minimum absolute atomic E-state index is 0.369. The number of carbonyl (C=O) groups is 1. The van der Waals surface area contributed by atoms with Crippen molar-refractivity contribution >= 4 is 23.2 Å². The van der Waals surface area contributed by atoms with Crippen molar-refractivity contribution in [1.82, 2.24) is 4.90 Å². The Morgan fingerprint density at radius 1 is 1.43 bits per heavy atom. The molecular weight excluding hydrogens is 286 g/mol. The van der Waals surface area contributed by atoms with Crippen LogP contribution in [0.3, 0.4) is 0 Å². The highest BCUT2D eigenvalue weighted by atomic mass is 35.5. The quantitative estimate of drug-likeness (QED) is 0.879. The molecule has 1 aliphatic rings. The summed E-state index contributed by atoms with van der Waals surface area (Å²) in [5, 5.41) is 3.91. The number of halogens is 1. The zero-order valence-electron chi connectivity index (χ0n) is 12.7. The molecule has 1 aromatic carbocycles. The molecule has 0 bridgehead atoms. The van der Waals surface area contributed by atoms with Crippen molar-refractivity contribution in [1.29, 1.82) is 0 Å². The third kappa shape index (κ3) is 4.61. The molecular formula is C16H24ClN3O. The fourth-order valence-electron chi connectivity index (χ4n) is 2.82. The van der Waals surface area contributed by atoms with Crippen molar-refractivity contribution in [2.45, 2.75) is 32.7 Å². The van der Waals surface area contributed by atoms with E-state index in [-0.39, 0.29) is 0 Å². The van der Waals surface area contributed by atoms with Crippen LogP contribution in [-0.2, 0) is 0 Å². The van der Waals surface area contributed by atoms with Gasteiger partial charge in [-0.15, -0.1) is 0 Å². The molecule has 0 atom stereocenters. The maximum Gasteiger partial charge on any atom is 0.250 e. The maximum atomic E-state index is 11.2. The van der Waals surface area contributed by atoms with E-state index in [0.29, 0.717) is 16.6 Å². The molecule has 1 aromatic rings. The smallest absolute Gasteiger partial charge is 0.250 e. The lowest BCUT2D eigenvalue weighted by Gasteiger charge is -2.33. The summed E-state index contributed by atoms with van der Waals surface area (Å²) in [4.78, 5) is 13.7. The largest absolute Gasteiger partial charge is 0.382 e. The summed E-state index contributed by atoms with van der Waals surface area (Å²) in [7, 11) is 0. The van der Waals surface area contributed by atoms with Crippen LogP contribution in [0.4, 0.5) is 5.69 Å². The molecule has 2 rings (SSSR count). The number of rotatable bonds is 5. The Labute approximate surface area is 131 Å². The van der Waals surface area contributed by atoms with E-state index >= 15 is 0 Å². The molecule has 1 saturated heterocycles. The maximum absolute atomic E-state index is 11.2. The van der Waals surface area contributed by atoms with Gasteiger partial charge in [-0.25, -0.2) is 0 Å². The van der Waals surface area contributed by atoms with Gasteiger partial charge in [0.05, 0.1) is 10.6 Å². The van der Waals surface area contributed by atoms with E-state index in [0.717, 1.165) is 37.5 Å². The number of benzene rings is 1. The summed E-state index contributed by atoms with van der Waals surface area (Å²) >= 11 is 6.07. The molecule has 0 spiro atoms. The first-order chi connectivity index (χ1) is 9.95. The van der Waals surface area contributed by atoms with Crippen LogP contribution < -0.4 is 11.1 Å². The number of amides is 1. The molecule has 1 fully saturated rings. The lowest BCUT2D eigenvalue weighted by Crippen LogP contribution is -2.40. The van der Waals surface area contributed by atoms with Crippen molar-refractivity contribution in [3.8, 4) is 0 Å². The number of hydrogen-bond donors (Lipinski definition) is 2. The van der Waals surface area contributed by atoms with Crippen molar-refractivity contribution < 1.29 is 4.79 Å². The minimum Gasteiger partial charge on any atom is -0.382 e. The number of anilines is 1. The highest BCUT2D eigenvalue weighted by molar-refractivity contribution is 6.34. The second-order valence-electron chi connectivity index (χ2n) is 6.17. The molecule has 0 aliphatic carbocycles. The van der Waals surface area contributed by atoms with Crippen LogP contribution >= 0.6 is 11.6 Å². The van der Waals surface area contributed by atoms with Crippen molar-refractivity contribution in [3.63, 3.8) is 0 Å². The molecule has 5 heteroatoms. The van der Waals surface area contributed by atoms with E-state index in [1.807, 2.05) is 6.07 Å². The monoisotopic (exact) mass is 309 g/mol. The Morgan fingerprint density at radius 2 is 2.10 bits per heavy atom. The first kappa shape index (κ1) is 16.1.